The van der Waals surface area contributed by atoms with Crippen molar-refractivity contribution in [3.05, 3.63) is 17.8 Å². The lowest BCUT2D eigenvalue weighted by atomic mass is 10.0. The van der Waals surface area contributed by atoms with Gasteiger partial charge in [-0.25, -0.2) is 4.98 Å². The minimum absolute atomic E-state index is 0.0595. The van der Waals surface area contributed by atoms with E-state index in [9.17, 15) is 4.79 Å². The van der Waals surface area contributed by atoms with Crippen LogP contribution >= 0.6 is 0 Å². The van der Waals surface area contributed by atoms with Crippen LogP contribution in [0, 0.1) is 0 Å². The van der Waals surface area contributed by atoms with Crippen molar-refractivity contribution >= 4 is 5.78 Å². The van der Waals surface area contributed by atoms with Crippen LogP contribution in [0.3, 0.4) is 0 Å². The number of aromatic nitrogens is 1. The molecule has 2 heterocycles. The van der Waals surface area contributed by atoms with Crippen molar-refractivity contribution in [3.63, 3.8) is 0 Å². The van der Waals surface area contributed by atoms with E-state index >= 15 is 0 Å². The molecule has 1 atom stereocenters. The second-order valence-corrected chi connectivity index (χ2v) is 4.51. The molecular weight excluding hydrogens is 204 g/mol. The maximum Gasteiger partial charge on any atom is 0.196 e. The van der Waals surface area contributed by atoms with Gasteiger partial charge in [-0.2, -0.15) is 0 Å². The Morgan fingerprint density at radius 1 is 1.62 bits per heavy atom. The van der Waals surface area contributed by atoms with Crippen molar-refractivity contribution in [2.24, 2.45) is 0 Å². The van der Waals surface area contributed by atoms with Crippen LogP contribution in [0.15, 0.2) is 10.6 Å². The summed E-state index contributed by atoms with van der Waals surface area (Å²) in [5, 5.41) is 0. The van der Waals surface area contributed by atoms with Crippen LogP contribution in [0.1, 0.15) is 42.6 Å². The number of hydrogen-bond donors (Lipinski definition) is 0. The summed E-state index contributed by atoms with van der Waals surface area (Å²) in [5.41, 5.74) is 0. The van der Waals surface area contributed by atoms with Gasteiger partial charge in [0.25, 0.3) is 0 Å². The van der Waals surface area contributed by atoms with Crippen molar-refractivity contribution in [1.29, 1.82) is 0 Å². The van der Waals surface area contributed by atoms with E-state index in [1.165, 1.54) is 32.4 Å². The van der Waals surface area contributed by atoms with Gasteiger partial charge in [0.2, 0.25) is 0 Å². The van der Waals surface area contributed by atoms with Gasteiger partial charge >= 0.3 is 0 Å². The number of nitrogens with zero attached hydrogens (tertiary/aromatic N) is 2. The van der Waals surface area contributed by atoms with Gasteiger partial charge in [0.05, 0.1) is 6.20 Å². The quantitative estimate of drug-likeness (QED) is 0.733. The van der Waals surface area contributed by atoms with Gasteiger partial charge in [-0.15, -0.1) is 0 Å². The third-order valence-corrected chi connectivity index (χ3v) is 3.23. The molecule has 4 heteroatoms. The summed E-state index contributed by atoms with van der Waals surface area (Å²) >= 11 is 0. The fourth-order valence-corrected chi connectivity index (χ4v) is 2.17. The lowest BCUT2D eigenvalue weighted by molar-refractivity contribution is 0.0983. The topological polar surface area (TPSA) is 46.3 Å². The van der Waals surface area contributed by atoms with Crippen molar-refractivity contribution < 1.29 is 9.21 Å². The number of Topliss-reactive ketones (excluding diaryl/α,β-unsaturated/α-hetero) is 1. The van der Waals surface area contributed by atoms with Crippen molar-refractivity contribution in [3.8, 4) is 0 Å². The fourth-order valence-electron chi connectivity index (χ4n) is 2.17. The van der Waals surface area contributed by atoms with Crippen molar-refractivity contribution in [2.45, 2.75) is 38.6 Å². The molecule has 0 aliphatic carbocycles. The van der Waals surface area contributed by atoms with Gasteiger partial charge < -0.3 is 9.32 Å². The maximum atomic E-state index is 11.1. The maximum absolute atomic E-state index is 11.1. The van der Waals surface area contributed by atoms with E-state index in [-0.39, 0.29) is 5.78 Å². The van der Waals surface area contributed by atoms with Gasteiger partial charge in [0, 0.05) is 19.4 Å². The molecule has 1 fully saturated rings. The van der Waals surface area contributed by atoms with E-state index in [2.05, 4.69) is 16.9 Å². The molecule has 1 aromatic rings. The zero-order valence-corrected chi connectivity index (χ0v) is 9.90. The third kappa shape index (κ3) is 2.50. The van der Waals surface area contributed by atoms with Crippen LogP contribution in [0.5, 0.6) is 0 Å². The third-order valence-electron chi connectivity index (χ3n) is 3.23. The molecule has 1 aliphatic rings. The van der Waals surface area contributed by atoms with Gasteiger partial charge in [-0.1, -0.05) is 6.42 Å². The lowest BCUT2D eigenvalue weighted by Gasteiger charge is -2.31. The number of hydrogen-bond acceptors (Lipinski definition) is 4. The molecule has 1 saturated heterocycles. The standard InChI is InChI=1S/C12H18N2O2/c1-9(15)11-8-13-12(16-11)7-10-5-3-4-6-14(10)2/h8,10H,3-7H2,1-2H3. The Kier molecular flexibility index (Phi) is 3.39. The predicted molar refractivity (Wildman–Crippen MR) is 60.5 cm³/mol. The number of carbonyl (C=O) groups is 1. The van der Waals surface area contributed by atoms with Gasteiger partial charge in [-0.3, -0.25) is 4.79 Å². The van der Waals surface area contributed by atoms with Crippen LogP contribution in [0.4, 0.5) is 0 Å². The first-order valence-corrected chi connectivity index (χ1v) is 5.82. The van der Waals surface area contributed by atoms with Crippen LogP contribution in [-0.4, -0.2) is 35.3 Å². The largest absolute Gasteiger partial charge is 0.438 e. The highest BCUT2D eigenvalue weighted by atomic mass is 16.4. The van der Waals surface area contributed by atoms with Gasteiger partial charge in [0.1, 0.15) is 0 Å². The number of oxazole rings is 1. The first kappa shape index (κ1) is 11.3. The Morgan fingerprint density at radius 3 is 3.06 bits per heavy atom. The number of likely N-dealkylation sites (tertiary alicyclic amines) is 1. The molecule has 0 saturated carbocycles. The number of carbonyl (C=O) groups excluding carboxylic acids is 1. The Bertz CT molecular complexity index is 373. The zero-order valence-electron chi connectivity index (χ0n) is 9.90. The summed E-state index contributed by atoms with van der Waals surface area (Å²) in [6.45, 7) is 2.64. The molecule has 88 valence electrons. The number of likely N-dealkylation sites (N-methyl/N-ethyl adjacent to an activating group) is 1. The molecule has 2 rings (SSSR count). The SMILES string of the molecule is CC(=O)c1cnc(CC2CCCCN2C)o1. The van der Waals surface area contributed by atoms with Gasteiger partial charge in [0.15, 0.2) is 17.4 Å². The molecular formula is C12H18N2O2. The monoisotopic (exact) mass is 222 g/mol. The molecule has 1 aromatic heterocycles. The van der Waals surface area contributed by atoms with E-state index in [0.717, 1.165) is 13.0 Å². The van der Waals surface area contributed by atoms with Crippen molar-refractivity contribution in [2.75, 3.05) is 13.6 Å². The van der Waals surface area contributed by atoms with E-state index in [1.807, 2.05) is 0 Å². The average molecular weight is 222 g/mol. The highest BCUT2D eigenvalue weighted by Crippen LogP contribution is 2.19. The Balaban J connectivity index is 1.99. The first-order chi connectivity index (χ1) is 7.66. The molecule has 0 aromatic carbocycles. The van der Waals surface area contributed by atoms with Gasteiger partial charge in [-0.05, 0) is 26.4 Å². The zero-order chi connectivity index (χ0) is 11.5. The van der Waals surface area contributed by atoms with E-state index in [0.29, 0.717) is 17.7 Å². The summed E-state index contributed by atoms with van der Waals surface area (Å²) in [5.74, 6) is 0.994. The minimum atomic E-state index is -0.0595. The first-order valence-electron chi connectivity index (χ1n) is 5.82. The molecule has 0 N–H and O–H groups in total. The van der Waals surface area contributed by atoms with Crippen LogP contribution in [0.2, 0.25) is 0 Å². The molecule has 0 spiro atoms. The Hall–Kier alpha value is -1.16. The van der Waals surface area contributed by atoms with Crippen LogP contribution in [-0.2, 0) is 6.42 Å². The van der Waals surface area contributed by atoms with E-state index in [4.69, 9.17) is 4.42 Å². The average Bonchev–Trinajstić information content (AvgIpc) is 2.70. The Labute approximate surface area is 95.6 Å². The summed E-state index contributed by atoms with van der Waals surface area (Å²) < 4.78 is 5.41. The molecule has 16 heavy (non-hydrogen) atoms. The predicted octanol–water partition coefficient (Wildman–Crippen LogP) is 1.90. The van der Waals surface area contributed by atoms with Crippen LogP contribution < -0.4 is 0 Å². The summed E-state index contributed by atoms with van der Waals surface area (Å²) in [7, 11) is 2.14. The van der Waals surface area contributed by atoms with Crippen LogP contribution in [0.25, 0.3) is 0 Å². The number of ketones is 1. The highest BCUT2D eigenvalue weighted by Gasteiger charge is 2.21. The second kappa shape index (κ2) is 4.78. The number of rotatable bonds is 3. The highest BCUT2D eigenvalue weighted by molar-refractivity contribution is 5.90. The molecule has 1 unspecified atom stereocenters. The molecule has 0 amide bonds. The minimum Gasteiger partial charge on any atom is -0.438 e. The molecule has 1 aliphatic heterocycles. The van der Waals surface area contributed by atoms with E-state index < -0.39 is 0 Å². The molecule has 0 bridgehead atoms. The second-order valence-electron chi connectivity index (χ2n) is 4.51. The lowest BCUT2D eigenvalue weighted by Crippen LogP contribution is -2.37. The summed E-state index contributed by atoms with van der Waals surface area (Å²) in [6, 6.07) is 0.507. The summed E-state index contributed by atoms with van der Waals surface area (Å²) in [6.07, 6.45) is 6.07. The smallest absolute Gasteiger partial charge is 0.196 e. The van der Waals surface area contributed by atoms with Crippen molar-refractivity contribution in [1.82, 2.24) is 9.88 Å². The summed E-state index contributed by atoms with van der Waals surface area (Å²) in [4.78, 5) is 17.6. The Morgan fingerprint density at radius 2 is 2.44 bits per heavy atom. The fraction of sp³-hybridized carbons (Fsp3) is 0.667. The number of piperidine rings is 1. The van der Waals surface area contributed by atoms with E-state index in [1.54, 1.807) is 0 Å². The molecule has 4 nitrogen and oxygen atoms in total. The normalized spacial score (nSPS) is 22.2. The molecule has 0 radical (unpaired) electrons.